The Balaban J connectivity index is 3.11. The van der Waals surface area contributed by atoms with Crippen molar-refractivity contribution in [2.24, 2.45) is 0 Å². The fourth-order valence-electron chi connectivity index (χ4n) is 1.61. The van der Waals surface area contributed by atoms with Crippen LogP contribution >= 0.6 is 0 Å². The van der Waals surface area contributed by atoms with E-state index in [-0.39, 0.29) is 5.41 Å². The molecule has 1 N–H and O–H groups in total. The van der Waals surface area contributed by atoms with Gasteiger partial charge in [-0.1, -0.05) is 27.4 Å². The Hall–Kier alpha value is -1.44. The summed E-state index contributed by atoms with van der Waals surface area (Å²) in [6.45, 7) is 14.4. The van der Waals surface area contributed by atoms with Crippen molar-refractivity contribution in [2.45, 2.75) is 40.0 Å². The third-order valence-corrected chi connectivity index (χ3v) is 2.57. The summed E-state index contributed by atoms with van der Waals surface area (Å²) in [6.07, 6.45) is 0. The highest BCUT2D eigenvalue weighted by Gasteiger charge is 2.20. The number of benzene rings is 1. The zero-order valence-electron chi connectivity index (χ0n) is 11.4. The van der Waals surface area contributed by atoms with E-state index in [9.17, 15) is 5.11 Å². The smallest absolute Gasteiger partial charge is 0.122 e. The van der Waals surface area contributed by atoms with Gasteiger partial charge in [-0.05, 0) is 42.5 Å². The molecule has 1 aromatic rings. The Morgan fingerprint density at radius 2 is 1.94 bits per heavy atom. The average Bonchev–Trinajstić information content (AvgIpc) is 2.17. The number of ether oxygens (including phenoxy) is 1. The Bertz CT molecular complexity index is 425. The van der Waals surface area contributed by atoms with Crippen molar-refractivity contribution < 1.29 is 9.84 Å². The van der Waals surface area contributed by atoms with Crippen LogP contribution in [0.25, 0.3) is 0 Å². The highest BCUT2D eigenvalue weighted by atomic mass is 16.5. The molecule has 0 aliphatic heterocycles. The molecule has 0 aliphatic carbocycles. The predicted octanol–water partition coefficient (Wildman–Crippen LogP) is 3.95. The molecule has 0 radical (unpaired) electrons. The fraction of sp³-hybridized carbons (Fsp3) is 0.467. The Labute approximate surface area is 104 Å². The van der Waals surface area contributed by atoms with E-state index >= 15 is 0 Å². The third kappa shape index (κ3) is 3.52. The SMILES string of the molecule is C=C(C)COc1cc(C)c(O)c(C(C)(C)C)c1. The van der Waals surface area contributed by atoms with Crippen LogP contribution in [0.2, 0.25) is 0 Å². The second kappa shape index (κ2) is 4.82. The van der Waals surface area contributed by atoms with Gasteiger partial charge in [-0.15, -0.1) is 0 Å². The van der Waals surface area contributed by atoms with E-state index in [1.807, 2.05) is 26.0 Å². The summed E-state index contributed by atoms with van der Waals surface area (Å²) >= 11 is 0. The number of hydrogen-bond acceptors (Lipinski definition) is 2. The van der Waals surface area contributed by atoms with Crippen molar-refractivity contribution in [1.29, 1.82) is 0 Å². The molecule has 0 heterocycles. The summed E-state index contributed by atoms with van der Waals surface area (Å²) in [5.74, 6) is 1.15. The summed E-state index contributed by atoms with van der Waals surface area (Å²) in [5.41, 5.74) is 2.63. The molecule has 0 aromatic heterocycles. The molecule has 0 fully saturated rings. The number of aryl methyl sites for hydroxylation is 1. The monoisotopic (exact) mass is 234 g/mol. The molecule has 0 bridgehead atoms. The van der Waals surface area contributed by atoms with Crippen molar-refractivity contribution in [1.82, 2.24) is 0 Å². The highest BCUT2D eigenvalue weighted by molar-refractivity contribution is 5.48. The maximum Gasteiger partial charge on any atom is 0.122 e. The van der Waals surface area contributed by atoms with Crippen molar-refractivity contribution >= 4 is 0 Å². The van der Waals surface area contributed by atoms with Crippen LogP contribution in [0.5, 0.6) is 11.5 Å². The van der Waals surface area contributed by atoms with Crippen molar-refractivity contribution in [3.63, 3.8) is 0 Å². The molecule has 0 amide bonds. The van der Waals surface area contributed by atoms with E-state index in [0.717, 1.165) is 22.4 Å². The molecule has 0 atom stereocenters. The lowest BCUT2D eigenvalue weighted by Crippen LogP contribution is -2.12. The molecule has 2 heteroatoms. The quantitative estimate of drug-likeness (QED) is 0.802. The van der Waals surface area contributed by atoms with Gasteiger partial charge in [-0.3, -0.25) is 0 Å². The van der Waals surface area contributed by atoms with Crippen LogP contribution in [-0.2, 0) is 5.41 Å². The van der Waals surface area contributed by atoms with E-state index in [1.165, 1.54) is 0 Å². The van der Waals surface area contributed by atoms with Gasteiger partial charge in [0.2, 0.25) is 0 Å². The molecule has 94 valence electrons. The van der Waals surface area contributed by atoms with E-state index in [2.05, 4.69) is 27.4 Å². The second-order valence-corrected chi connectivity index (χ2v) is 5.63. The lowest BCUT2D eigenvalue weighted by molar-refractivity contribution is 0.349. The Morgan fingerprint density at radius 3 is 2.41 bits per heavy atom. The Morgan fingerprint density at radius 1 is 1.35 bits per heavy atom. The minimum atomic E-state index is -0.0998. The lowest BCUT2D eigenvalue weighted by Gasteiger charge is -2.22. The first-order valence-electron chi connectivity index (χ1n) is 5.83. The lowest BCUT2D eigenvalue weighted by atomic mass is 9.85. The third-order valence-electron chi connectivity index (χ3n) is 2.57. The average molecular weight is 234 g/mol. The van der Waals surface area contributed by atoms with Crippen LogP contribution in [0, 0.1) is 6.92 Å². The number of phenols is 1. The minimum Gasteiger partial charge on any atom is -0.507 e. The van der Waals surface area contributed by atoms with Crippen molar-refractivity contribution in [3.05, 3.63) is 35.4 Å². The summed E-state index contributed by atoms with van der Waals surface area (Å²) in [4.78, 5) is 0. The summed E-state index contributed by atoms with van der Waals surface area (Å²) in [6, 6.07) is 3.76. The zero-order chi connectivity index (χ0) is 13.2. The predicted molar refractivity (Wildman–Crippen MR) is 71.9 cm³/mol. The number of rotatable bonds is 3. The van der Waals surface area contributed by atoms with Crippen LogP contribution in [0.4, 0.5) is 0 Å². The summed E-state index contributed by atoms with van der Waals surface area (Å²) in [5, 5.41) is 10.1. The molecule has 0 saturated carbocycles. The van der Waals surface area contributed by atoms with Gasteiger partial charge in [0, 0.05) is 5.56 Å². The van der Waals surface area contributed by atoms with Gasteiger partial charge in [-0.2, -0.15) is 0 Å². The van der Waals surface area contributed by atoms with Gasteiger partial charge in [0.25, 0.3) is 0 Å². The van der Waals surface area contributed by atoms with Gasteiger partial charge < -0.3 is 9.84 Å². The van der Waals surface area contributed by atoms with Gasteiger partial charge in [0.1, 0.15) is 18.1 Å². The molecule has 1 aromatic carbocycles. The van der Waals surface area contributed by atoms with Crippen LogP contribution in [-0.4, -0.2) is 11.7 Å². The van der Waals surface area contributed by atoms with Crippen LogP contribution in [0.1, 0.15) is 38.8 Å². The standard InChI is InChI=1S/C15H22O2/c1-10(2)9-17-12-7-11(3)14(16)13(8-12)15(4,5)6/h7-8,16H,1,9H2,2-6H3. The van der Waals surface area contributed by atoms with Crippen LogP contribution in [0.3, 0.4) is 0 Å². The molecular weight excluding hydrogens is 212 g/mol. The molecule has 2 nitrogen and oxygen atoms in total. The minimum absolute atomic E-state index is 0.0998. The maximum atomic E-state index is 10.1. The second-order valence-electron chi connectivity index (χ2n) is 5.63. The first-order valence-corrected chi connectivity index (χ1v) is 5.83. The van der Waals surface area contributed by atoms with Crippen molar-refractivity contribution in [3.8, 4) is 11.5 Å². The van der Waals surface area contributed by atoms with Crippen molar-refractivity contribution in [2.75, 3.05) is 6.61 Å². The molecule has 0 spiro atoms. The van der Waals surface area contributed by atoms with Gasteiger partial charge >= 0.3 is 0 Å². The zero-order valence-corrected chi connectivity index (χ0v) is 11.4. The molecule has 0 unspecified atom stereocenters. The number of aromatic hydroxyl groups is 1. The highest BCUT2D eigenvalue weighted by Crippen LogP contribution is 2.36. The van der Waals surface area contributed by atoms with Gasteiger partial charge in [0.05, 0.1) is 0 Å². The molecule has 1 rings (SSSR count). The molecule has 17 heavy (non-hydrogen) atoms. The number of hydrogen-bond donors (Lipinski definition) is 1. The summed E-state index contributed by atoms with van der Waals surface area (Å²) in [7, 11) is 0. The molecular formula is C15H22O2. The number of phenolic OH excluding ortho intramolecular Hbond substituents is 1. The normalized spacial score (nSPS) is 11.4. The topological polar surface area (TPSA) is 29.5 Å². The van der Waals surface area contributed by atoms with Crippen LogP contribution < -0.4 is 4.74 Å². The largest absolute Gasteiger partial charge is 0.507 e. The van der Waals surface area contributed by atoms with E-state index in [4.69, 9.17) is 4.74 Å². The van der Waals surface area contributed by atoms with E-state index in [0.29, 0.717) is 12.4 Å². The summed E-state index contributed by atoms with van der Waals surface area (Å²) < 4.78 is 5.63. The molecule has 0 saturated heterocycles. The maximum absolute atomic E-state index is 10.1. The Kier molecular flexibility index (Phi) is 3.87. The first kappa shape index (κ1) is 13.6. The van der Waals surface area contributed by atoms with Gasteiger partial charge in [0.15, 0.2) is 0 Å². The molecule has 0 aliphatic rings. The van der Waals surface area contributed by atoms with Gasteiger partial charge in [-0.25, -0.2) is 0 Å². The van der Waals surface area contributed by atoms with Crippen LogP contribution in [0.15, 0.2) is 24.3 Å². The van der Waals surface area contributed by atoms with E-state index in [1.54, 1.807) is 0 Å². The van der Waals surface area contributed by atoms with E-state index < -0.39 is 0 Å². The first-order chi connectivity index (χ1) is 7.71. The fourth-order valence-corrected chi connectivity index (χ4v) is 1.61.